The number of benzene rings is 2. The van der Waals surface area contributed by atoms with E-state index in [2.05, 4.69) is 22.6 Å². The summed E-state index contributed by atoms with van der Waals surface area (Å²) < 4.78 is 6.86. The molecule has 0 fully saturated rings. The molecule has 0 aliphatic rings. The van der Waals surface area contributed by atoms with Crippen LogP contribution in [0.3, 0.4) is 0 Å². The Bertz CT molecular complexity index is 511. The summed E-state index contributed by atoms with van der Waals surface area (Å²) >= 11 is 2.24. The highest BCUT2D eigenvalue weighted by Gasteiger charge is 2.05. The van der Waals surface area contributed by atoms with Gasteiger partial charge in [0, 0.05) is 0 Å². The molecular formula is C13H12INO. The van der Waals surface area contributed by atoms with Crippen LogP contribution in [0.25, 0.3) is 0 Å². The van der Waals surface area contributed by atoms with Crippen LogP contribution in [0.4, 0.5) is 5.69 Å². The molecule has 0 aliphatic heterocycles. The summed E-state index contributed by atoms with van der Waals surface area (Å²) in [6.07, 6.45) is 0. The molecule has 3 heteroatoms. The van der Waals surface area contributed by atoms with Gasteiger partial charge in [-0.05, 0) is 53.3 Å². The van der Waals surface area contributed by atoms with Crippen molar-refractivity contribution in [1.82, 2.24) is 0 Å². The molecule has 16 heavy (non-hydrogen) atoms. The van der Waals surface area contributed by atoms with Crippen LogP contribution in [0.15, 0.2) is 42.5 Å². The van der Waals surface area contributed by atoms with Gasteiger partial charge in [0.2, 0.25) is 0 Å². The molecule has 0 unspecified atom stereocenters. The Labute approximate surface area is 109 Å². The zero-order valence-corrected chi connectivity index (χ0v) is 11.1. The van der Waals surface area contributed by atoms with Crippen molar-refractivity contribution in [2.75, 3.05) is 5.73 Å². The van der Waals surface area contributed by atoms with Gasteiger partial charge in [0.1, 0.15) is 5.75 Å². The molecule has 0 saturated heterocycles. The monoisotopic (exact) mass is 325 g/mol. The first-order chi connectivity index (χ1) is 7.68. The van der Waals surface area contributed by atoms with E-state index >= 15 is 0 Å². The predicted molar refractivity (Wildman–Crippen MR) is 74.8 cm³/mol. The van der Waals surface area contributed by atoms with Crippen molar-refractivity contribution in [3.63, 3.8) is 0 Å². The number of hydrogen-bond acceptors (Lipinski definition) is 2. The van der Waals surface area contributed by atoms with Gasteiger partial charge in [-0.3, -0.25) is 0 Å². The number of nitrogens with two attached hydrogens (primary N) is 1. The topological polar surface area (TPSA) is 35.2 Å². The molecule has 0 saturated carbocycles. The molecule has 0 heterocycles. The molecule has 0 spiro atoms. The summed E-state index contributed by atoms with van der Waals surface area (Å²) in [6.45, 7) is 1.97. The normalized spacial score (nSPS) is 10.1. The lowest BCUT2D eigenvalue weighted by atomic mass is 10.2. The molecule has 2 aromatic rings. The maximum atomic E-state index is 5.95. The van der Waals surface area contributed by atoms with Gasteiger partial charge in [0.05, 0.1) is 9.26 Å². The summed E-state index contributed by atoms with van der Waals surface area (Å²) in [6, 6.07) is 13.7. The highest BCUT2D eigenvalue weighted by atomic mass is 127. The van der Waals surface area contributed by atoms with E-state index in [9.17, 15) is 0 Å². The minimum absolute atomic E-state index is 0.696. The zero-order chi connectivity index (χ0) is 11.5. The maximum Gasteiger partial charge on any atom is 0.150 e. The number of rotatable bonds is 2. The van der Waals surface area contributed by atoms with E-state index < -0.39 is 0 Å². The molecule has 82 valence electrons. The Morgan fingerprint density at radius 2 is 1.69 bits per heavy atom. The first-order valence-corrected chi connectivity index (χ1v) is 6.04. The number of hydrogen-bond donors (Lipinski definition) is 1. The van der Waals surface area contributed by atoms with E-state index in [1.165, 1.54) is 0 Å². The summed E-state index contributed by atoms with van der Waals surface area (Å²) in [4.78, 5) is 0. The highest BCUT2D eigenvalue weighted by Crippen LogP contribution is 2.31. The third kappa shape index (κ3) is 2.29. The third-order valence-electron chi connectivity index (χ3n) is 2.34. The lowest BCUT2D eigenvalue weighted by Gasteiger charge is -2.11. The summed E-state index contributed by atoms with van der Waals surface area (Å²) in [5, 5.41) is 0. The van der Waals surface area contributed by atoms with Crippen LogP contribution in [-0.2, 0) is 0 Å². The van der Waals surface area contributed by atoms with E-state index in [-0.39, 0.29) is 0 Å². The van der Waals surface area contributed by atoms with Crippen molar-refractivity contribution in [3.05, 3.63) is 51.6 Å². The maximum absolute atomic E-state index is 5.95. The molecule has 0 radical (unpaired) electrons. The fourth-order valence-corrected chi connectivity index (χ4v) is 1.89. The first kappa shape index (κ1) is 11.3. The van der Waals surface area contributed by atoms with Crippen molar-refractivity contribution >= 4 is 28.3 Å². The molecule has 0 atom stereocenters. The van der Waals surface area contributed by atoms with Crippen molar-refractivity contribution in [3.8, 4) is 11.5 Å². The fourth-order valence-electron chi connectivity index (χ4n) is 1.39. The molecule has 2 N–H and O–H groups in total. The third-order valence-corrected chi connectivity index (χ3v) is 3.23. The minimum atomic E-state index is 0.696. The van der Waals surface area contributed by atoms with Gasteiger partial charge in [-0.15, -0.1) is 0 Å². The van der Waals surface area contributed by atoms with Crippen LogP contribution < -0.4 is 10.5 Å². The molecule has 2 nitrogen and oxygen atoms in total. The van der Waals surface area contributed by atoms with Gasteiger partial charge in [-0.2, -0.15) is 0 Å². The van der Waals surface area contributed by atoms with Crippen LogP contribution in [-0.4, -0.2) is 0 Å². The Morgan fingerprint density at radius 3 is 2.44 bits per heavy atom. The van der Waals surface area contributed by atoms with Crippen molar-refractivity contribution in [1.29, 1.82) is 0 Å². The van der Waals surface area contributed by atoms with Crippen molar-refractivity contribution in [2.45, 2.75) is 6.92 Å². The molecule has 0 bridgehead atoms. The smallest absolute Gasteiger partial charge is 0.150 e. The molecule has 2 rings (SSSR count). The Kier molecular flexibility index (Phi) is 3.33. The second kappa shape index (κ2) is 4.74. The Balaban J connectivity index is 2.35. The average molecular weight is 325 g/mol. The van der Waals surface area contributed by atoms with E-state index in [1.807, 2.05) is 49.4 Å². The number of anilines is 1. The summed E-state index contributed by atoms with van der Waals surface area (Å²) in [7, 11) is 0. The Hall–Kier alpha value is -1.23. The van der Waals surface area contributed by atoms with Crippen molar-refractivity contribution < 1.29 is 4.74 Å². The van der Waals surface area contributed by atoms with Crippen LogP contribution in [0, 0.1) is 10.5 Å². The highest BCUT2D eigenvalue weighted by molar-refractivity contribution is 14.1. The number of para-hydroxylation sites is 2. The van der Waals surface area contributed by atoms with Gasteiger partial charge >= 0.3 is 0 Å². The second-order valence-corrected chi connectivity index (χ2v) is 4.68. The van der Waals surface area contributed by atoms with Gasteiger partial charge in [0.15, 0.2) is 5.75 Å². The number of nitrogen functional groups attached to an aromatic ring is 1. The Morgan fingerprint density at radius 1 is 1.00 bits per heavy atom. The number of ether oxygens (including phenoxy) is 1. The fraction of sp³-hybridized carbons (Fsp3) is 0.0769. The standard InChI is InChI=1S/C13H12INO/c1-9-5-4-8-12(13(9)15)16-11-7-3-2-6-10(11)14/h2-8H,15H2,1H3. The molecular weight excluding hydrogens is 313 g/mol. The zero-order valence-electron chi connectivity index (χ0n) is 8.91. The van der Waals surface area contributed by atoms with Gasteiger partial charge in [0.25, 0.3) is 0 Å². The molecule has 0 amide bonds. The van der Waals surface area contributed by atoms with Crippen LogP contribution in [0.5, 0.6) is 11.5 Å². The predicted octanol–water partition coefficient (Wildman–Crippen LogP) is 3.97. The van der Waals surface area contributed by atoms with Crippen LogP contribution in [0.2, 0.25) is 0 Å². The SMILES string of the molecule is Cc1cccc(Oc2ccccc2I)c1N. The van der Waals surface area contributed by atoms with Crippen molar-refractivity contribution in [2.24, 2.45) is 0 Å². The number of aryl methyl sites for hydroxylation is 1. The lowest BCUT2D eigenvalue weighted by Crippen LogP contribution is -1.95. The second-order valence-electron chi connectivity index (χ2n) is 3.52. The lowest BCUT2D eigenvalue weighted by molar-refractivity contribution is 0.481. The van der Waals surface area contributed by atoms with Crippen LogP contribution >= 0.6 is 22.6 Å². The van der Waals surface area contributed by atoms with Gasteiger partial charge in [-0.1, -0.05) is 24.3 Å². The van der Waals surface area contributed by atoms with Crippen LogP contribution in [0.1, 0.15) is 5.56 Å². The van der Waals surface area contributed by atoms with Gasteiger partial charge < -0.3 is 10.5 Å². The van der Waals surface area contributed by atoms with E-state index in [0.29, 0.717) is 11.4 Å². The first-order valence-electron chi connectivity index (χ1n) is 4.96. The molecule has 0 aromatic heterocycles. The van der Waals surface area contributed by atoms with E-state index in [1.54, 1.807) is 0 Å². The minimum Gasteiger partial charge on any atom is -0.454 e. The number of halogens is 1. The molecule has 0 aliphatic carbocycles. The van der Waals surface area contributed by atoms with Gasteiger partial charge in [-0.25, -0.2) is 0 Å². The molecule has 2 aromatic carbocycles. The summed E-state index contributed by atoms with van der Waals surface area (Å²) in [5.41, 5.74) is 7.68. The quantitative estimate of drug-likeness (QED) is 0.670. The van der Waals surface area contributed by atoms with E-state index in [0.717, 1.165) is 14.9 Å². The average Bonchev–Trinajstić information content (AvgIpc) is 2.28. The van der Waals surface area contributed by atoms with E-state index in [4.69, 9.17) is 10.5 Å². The largest absolute Gasteiger partial charge is 0.454 e. The summed E-state index contributed by atoms with van der Waals surface area (Å²) in [5.74, 6) is 1.55.